The van der Waals surface area contributed by atoms with E-state index in [1.54, 1.807) is 12.1 Å². The molecule has 146 valence electrons. The average Bonchev–Trinajstić information content (AvgIpc) is 3.38. The maximum Gasteiger partial charge on any atom is 0.277 e. The van der Waals surface area contributed by atoms with E-state index < -0.39 is 4.92 Å². The van der Waals surface area contributed by atoms with Gasteiger partial charge in [-0.1, -0.05) is 29.5 Å². The van der Waals surface area contributed by atoms with Crippen LogP contribution in [0.5, 0.6) is 0 Å². The first-order chi connectivity index (χ1) is 14.0. The van der Waals surface area contributed by atoms with Crippen molar-refractivity contribution in [1.29, 1.82) is 0 Å². The molecule has 0 saturated carbocycles. The third-order valence-corrected chi connectivity index (χ3v) is 5.02. The standard InChI is InChI=1S/C19H15N5O4S/c1-11-3-5-13(6-4-11)18-22-23-19(28-18)29-12(2)16-20-21-17(27-16)14-7-9-15(10-8-14)24(25)26/h3-10,12H,1-2H3/t12-/m0/s1. The van der Waals surface area contributed by atoms with Crippen LogP contribution in [0.25, 0.3) is 22.9 Å². The minimum Gasteiger partial charge on any atom is -0.419 e. The molecule has 0 aliphatic heterocycles. The summed E-state index contributed by atoms with van der Waals surface area (Å²) in [5.74, 6) is 1.11. The third-order valence-electron chi connectivity index (χ3n) is 4.10. The summed E-state index contributed by atoms with van der Waals surface area (Å²) >= 11 is 1.30. The first kappa shape index (κ1) is 18.8. The summed E-state index contributed by atoms with van der Waals surface area (Å²) in [5, 5.41) is 27.1. The molecular formula is C19H15N5O4S. The second-order valence-electron chi connectivity index (χ2n) is 6.25. The van der Waals surface area contributed by atoms with Crippen LogP contribution in [0.1, 0.15) is 23.6 Å². The van der Waals surface area contributed by atoms with Crippen LogP contribution in [0.4, 0.5) is 5.69 Å². The molecule has 0 bridgehead atoms. The first-order valence-electron chi connectivity index (χ1n) is 8.65. The fourth-order valence-electron chi connectivity index (χ4n) is 2.51. The topological polar surface area (TPSA) is 121 Å². The van der Waals surface area contributed by atoms with Crippen LogP contribution in [0, 0.1) is 17.0 Å². The van der Waals surface area contributed by atoms with Crippen molar-refractivity contribution in [1.82, 2.24) is 20.4 Å². The van der Waals surface area contributed by atoms with Crippen LogP contribution in [-0.4, -0.2) is 25.3 Å². The maximum absolute atomic E-state index is 10.8. The first-order valence-corrected chi connectivity index (χ1v) is 9.53. The summed E-state index contributed by atoms with van der Waals surface area (Å²) in [7, 11) is 0. The van der Waals surface area contributed by atoms with Gasteiger partial charge in [0.25, 0.3) is 10.9 Å². The van der Waals surface area contributed by atoms with E-state index in [-0.39, 0.29) is 16.8 Å². The van der Waals surface area contributed by atoms with Crippen molar-refractivity contribution in [3.05, 3.63) is 70.1 Å². The molecule has 0 saturated heterocycles. The zero-order valence-electron chi connectivity index (χ0n) is 15.5. The second-order valence-corrected chi connectivity index (χ2v) is 7.54. The van der Waals surface area contributed by atoms with Gasteiger partial charge in [-0.25, -0.2) is 0 Å². The molecule has 4 aromatic rings. The van der Waals surface area contributed by atoms with Crippen molar-refractivity contribution in [3.8, 4) is 22.9 Å². The number of rotatable bonds is 6. The van der Waals surface area contributed by atoms with Gasteiger partial charge in [-0.2, -0.15) is 0 Å². The lowest BCUT2D eigenvalue weighted by molar-refractivity contribution is -0.384. The van der Waals surface area contributed by atoms with Crippen molar-refractivity contribution in [2.45, 2.75) is 24.3 Å². The van der Waals surface area contributed by atoms with E-state index in [4.69, 9.17) is 8.83 Å². The molecule has 2 aromatic carbocycles. The Labute approximate surface area is 169 Å². The van der Waals surface area contributed by atoms with Crippen LogP contribution in [0.3, 0.4) is 0 Å². The summed E-state index contributed by atoms with van der Waals surface area (Å²) in [5.41, 5.74) is 2.60. The Morgan fingerprint density at radius 3 is 2.14 bits per heavy atom. The van der Waals surface area contributed by atoms with Crippen molar-refractivity contribution < 1.29 is 13.8 Å². The Kier molecular flexibility index (Phi) is 5.09. The molecule has 0 amide bonds. The quantitative estimate of drug-likeness (QED) is 0.250. The molecule has 0 unspecified atom stereocenters. The number of nitrogens with zero attached hydrogens (tertiary/aromatic N) is 5. The lowest BCUT2D eigenvalue weighted by atomic mass is 10.1. The highest BCUT2D eigenvalue weighted by atomic mass is 32.2. The Bertz CT molecular complexity index is 1140. The smallest absolute Gasteiger partial charge is 0.277 e. The number of hydrogen-bond donors (Lipinski definition) is 0. The summed E-state index contributed by atoms with van der Waals surface area (Å²) in [4.78, 5) is 10.3. The van der Waals surface area contributed by atoms with Gasteiger partial charge in [0.15, 0.2) is 0 Å². The number of thioether (sulfide) groups is 1. The molecule has 0 aliphatic rings. The SMILES string of the molecule is Cc1ccc(-c2nnc(S[C@@H](C)c3nnc(-c4ccc([N+](=O)[O-])cc4)o3)o2)cc1. The maximum atomic E-state index is 10.8. The van der Waals surface area contributed by atoms with Gasteiger partial charge in [0, 0.05) is 23.3 Å². The van der Waals surface area contributed by atoms with Crippen LogP contribution >= 0.6 is 11.8 Å². The number of non-ortho nitro benzene ring substituents is 1. The van der Waals surface area contributed by atoms with Crippen molar-refractivity contribution in [2.24, 2.45) is 0 Å². The summed E-state index contributed by atoms with van der Waals surface area (Å²) in [6.07, 6.45) is 0. The number of nitro benzene ring substituents is 1. The summed E-state index contributed by atoms with van der Waals surface area (Å²) in [6.45, 7) is 3.89. The normalized spacial score (nSPS) is 12.1. The molecule has 2 heterocycles. The van der Waals surface area contributed by atoms with Gasteiger partial charge in [0.05, 0.1) is 10.2 Å². The van der Waals surface area contributed by atoms with E-state index in [9.17, 15) is 10.1 Å². The molecule has 9 nitrogen and oxygen atoms in total. The van der Waals surface area contributed by atoms with Crippen molar-refractivity contribution in [3.63, 3.8) is 0 Å². The number of nitro groups is 1. The molecule has 0 spiro atoms. The Morgan fingerprint density at radius 1 is 0.897 bits per heavy atom. The fraction of sp³-hybridized carbons (Fsp3) is 0.158. The van der Waals surface area contributed by atoms with Crippen LogP contribution in [0.2, 0.25) is 0 Å². The zero-order chi connectivity index (χ0) is 20.4. The van der Waals surface area contributed by atoms with Crippen molar-refractivity contribution in [2.75, 3.05) is 0 Å². The lowest BCUT2D eigenvalue weighted by Crippen LogP contribution is -1.88. The van der Waals surface area contributed by atoms with Gasteiger partial charge in [0.2, 0.25) is 17.7 Å². The number of aryl methyl sites for hydroxylation is 1. The van der Waals surface area contributed by atoms with Crippen molar-refractivity contribution >= 4 is 17.4 Å². The molecule has 1 atom stereocenters. The molecule has 2 aromatic heterocycles. The van der Waals surface area contributed by atoms with Gasteiger partial charge in [0.1, 0.15) is 0 Å². The molecule has 0 fully saturated rings. The van der Waals surface area contributed by atoms with Gasteiger partial charge >= 0.3 is 0 Å². The highest BCUT2D eigenvalue weighted by Gasteiger charge is 2.20. The molecule has 0 radical (unpaired) electrons. The predicted octanol–water partition coefficient (Wildman–Crippen LogP) is 4.86. The average molecular weight is 409 g/mol. The number of aromatic nitrogens is 4. The van der Waals surface area contributed by atoms with E-state index >= 15 is 0 Å². The largest absolute Gasteiger partial charge is 0.419 e. The number of hydrogen-bond acceptors (Lipinski definition) is 9. The highest BCUT2D eigenvalue weighted by molar-refractivity contribution is 7.99. The lowest BCUT2D eigenvalue weighted by Gasteiger charge is -2.01. The zero-order valence-corrected chi connectivity index (χ0v) is 16.3. The van der Waals surface area contributed by atoms with Crippen LogP contribution in [0.15, 0.2) is 62.6 Å². The van der Waals surface area contributed by atoms with E-state index in [0.29, 0.717) is 22.6 Å². The molecule has 0 N–H and O–H groups in total. The number of benzene rings is 2. The van der Waals surface area contributed by atoms with Gasteiger partial charge in [-0.05, 0) is 38.1 Å². The molecular weight excluding hydrogens is 394 g/mol. The van der Waals surface area contributed by atoms with E-state index in [1.165, 1.54) is 23.9 Å². The van der Waals surface area contributed by atoms with Crippen LogP contribution in [-0.2, 0) is 0 Å². The minimum absolute atomic E-state index is 0.00168. The molecule has 0 aliphatic carbocycles. The predicted molar refractivity (Wildman–Crippen MR) is 105 cm³/mol. The molecule has 10 heteroatoms. The van der Waals surface area contributed by atoms with Gasteiger partial charge < -0.3 is 8.83 Å². The van der Waals surface area contributed by atoms with Crippen LogP contribution < -0.4 is 0 Å². The van der Waals surface area contributed by atoms with Gasteiger partial charge in [-0.3, -0.25) is 10.1 Å². The minimum atomic E-state index is -0.461. The Hall–Kier alpha value is -3.53. The monoisotopic (exact) mass is 409 g/mol. The second kappa shape index (κ2) is 7.84. The van der Waals surface area contributed by atoms with Gasteiger partial charge in [-0.15, -0.1) is 20.4 Å². The summed E-state index contributed by atoms with van der Waals surface area (Å²) < 4.78 is 11.4. The van der Waals surface area contributed by atoms with E-state index in [0.717, 1.165) is 11.1 Å². The Balaban J connectivity index is 1.46. The fourth-order valence-corrected chi connectivity index (χ4v) is 3.23. The Morgan fingerprint density at radius 2 is 1.48 bits per heavy atom. The molecule has 29 heavy (non-hydrogen) atoms. The highest BCUT2D eigenvalue weighted by Crippen LogP contribution is 2.35. The summed E-state index contributed by atoms with van der Waals surface area (Å²) in [6, 6.07) is 13.7. The van der Waals surface area contributed by atoms with E-state index in [1.807, 2.05) is 38.1 Å². The van der Waals surface area contributed by atoms with E-state index in [2.05, 4.69) is 20.4 Å². The third kappa shape index (κ3) is 4.16. The molecule has 4 rings (SSSR count).